The van der Waals surface area contributed by atoms with Crippen molar-refractivity contribution < 1.29 is 4.74 Å². The van der Waals surface area contributed by atoms with E-state index in [-0.39, 0.29) is 0 Å². The largest absolute Gasteiger partial charge is 0.497 e. The molecule has 7 heteroatoms. The highest BCUT2D eigenvalue weighted by Crippen LogP contribution is 2.24. The van der Waals surface area contributed by atoms with Crippen LogP contribution < -0.4 is 15.4 Å². The number of aromatic nitrogens is 2. The molecule has 0 bridgehead atoms. The molecule has 0 spiro atoms. The van der Waals surface area contributed by atoms with Crippen LogP contribution in [0.25, 0.3) is 0 Å². The van der Waals surface area contributed by atoms with Gasteiger partial charge in [0.1, 0.15) is 5.75 Å². The lowest BCUT2D eigenvalue weighted by molar-refractivity contribution is 0.414. The quantitative estimate of drug-likeness (QED) is 0.589. The molecule has 27 heavy (non-hydrogen) atoms. The van der Waals surface area contributed by atoms with E-state index in [9.17, 15) is 0 Å². The molecular weight excluding hydrogens is 380 g/mol. The van der Waals surface area contributed by atoms with Gasteiger partial charge in [-0.05, 0) is 55.9 Å². The summed E-state index contributed by atoms with van der Waals surface area (Å²) < 4.78 is 7.24. The number of ether oxygens (including phenoxy) is 1. The van der Waals surface area contributed by atoms with Gasteiger partial charge < -0.3 is 15.4 Å². The molecule has 0 unspecified atom stereocenters. The third-order valence-corrected chi connectivity index (χ3v) is 4.74. The summed E-state index contributed by atoms with van der Waals surface area (Å²) in [7, 11) is 1.66. The molecule has 0 saturated carbocycles. The molecule has 0 atom stereocenters. The van der Waals surface area contributed by atoms with Crippen molar-refractivity contribution in [2.75, 3.05) is 17.7 Å². The molecule has 2 aromatic carbocycles. The summed E-state index contributed by atoms with van der Waals surface area (Å²) in [4.78, 5) is 0. The highest BCUT2D eigenvalue weighted by molar-refractivity contribution is 7.80. The van der Waals surface area contributed by atoms with Crippen LogP contribution in [0.15, 0.2) is 48.5 Å². The van der Waals surface area contributed by atoms with Crippen molar-refractivity contribution in [2.45, 2.75) is 20.4 Å². The minimum atomic E-state index is 0.468. The Morgan fingerprint density at radius 1 is 1.15 bits per heavy atom. The highest BCUT2D eigenvalue weighted by Gasteiger charge is 2.14. The summed E-state index contributed by atoms with van der Waals surface area (Å²) in [6, 6.07) is 15.4. The second kappa shape index (κ2) is 8.41. The monoisotopic (exact) mass is 400 g/mol. The molecule has 0 saturated heterocycles. The summed E-state index contributed by atoms with van der Waals surface area (Å²) >= 11 is 11.6. The van der Waals surface area contributed by atoms with E-state index in [2.05, 4.69) is 21.8 Å². The Labute approximate surface area is 169 Å². The van der Waals surface area contributed by atoms with Crippen molar-refractivity contribution in [3.8, 4) is 5.75 Å². The second-order valence-electron chi connectivity index (χ2n) is 6.11. The van der Waals surface area contributed by atoms with Crippen molar-refractivity contribution in [1.82, 2.24) is 9.78 Å². The fourth-order valence-electron chi connectivity index (χ4n) is 2.81. The molecule has 2 N–H and O–H groups in total. The molecule has 0 aliphatic carbocycles. The molecular formula is C20H21ClN4OS. The molecule has 3 rings (SSSR count). The van der Waals surface area contributed by atoms with Crippen molar-refractivity contribution in [2.24, 2.45) is 0 Å². The fraction of sp³-hybridized carbons (Fsp3) is 0.200. The van der Waals surface area contributed by atoms with Crippen LogP contribution in [0.3, 0.4) is 0 Å². The minimum Gasteiger partial charge on any atom is -0.497 e. The number of rotatable bonds is 5. The van der Waals surface area contributed by atoms with E-state index in [1.807, 2.05) is 61.0 Å². The molecule has 0 aliphatic rings. The molecule has 0 aliphatic heterocycles. The third kappa shape index (κ3) is 4.59. The van der Waals surface area contributed by atoms with Gasteiger partial charge in [-0.1, -0.05) is 35.9 Å². The SMILES string of the molecule is COc1cccc(Cn2nc(C)c(NC(=S)Nc3ccccc3Cl)c2C)c1. The number of halogens is 1. The maximum absolute atomic E-state index is 6.18. The van der Waals surface area contributed by atoms with Gasteiger partial charge in [0.15, 0.2) is 5.11 Å². The van der Waals surface area contributed by atoms with Crippen LogP contribution in [0.2, 0.25) is 5.02 Å². The zero-order chi connectivity index (χ0) is 19.4. The molecule has 3 aromatic rings. The zero-order valence-electron chi connectivity index (χ0n) is 15.4. The lowest BCUT2D eigenvalue weighted by Crippen LogP contribution is -2.20. The van der Waals surface area contributed by atoms with E-state index >= 15 is 0 Å². The average molecular weight is 401 g/mol. The molecule has 140 valence electrons. The van der Waals surface area contributed by atoms with Gasteiger partial charge in [0.25, 0.3) is 0 Å². The fourth-order valence-corrected chi connectivity index (χ4v) is 3.20. The van der Waals surface area contributed by atoms with E-state index < -0.39 is 0 Å². The number of para-hydroxylation sites is 1. The maximum Gasteiger partial charge on any atom is 0.175 e. The van der Waals surface area contributed by atoms with Gasteiger partial charge in [0.2, 0.25) is 0 Å². The number of thiocarbonyl (C=S) groups is 1. The van der Waals surface area contributed by atoms with Gasteiger partial charge in [-0.15, -0.1) is 0 Å². The molecule has 0 radical (unpaired) electrons. The van der Waals surface area contributed by atoms with Crippen LogP contribution in [0.5, 0.6) is 5.75 Å². The summed E-state index contributed by atoms with van der Waals surface area (Å²) in [5.74, 6) is 0.831. The summed E-state index contributed by atoms with van der Waals surface area (Å²) in [5.41, 5.74) is 4.64. The number of benzene rings is 2. The van der Waals surface area contributed by atoms with Crippen molar-refractivity contribution in [3.05, 3.63) is 70.5 Å². The van der Waals surface area contributed by atoms with Gasteiger partial charge in [-0.3, -0.25) is 4.68 Å². The van der Waals surface area contributed by atoms with Gasteiger partial charge >= 0.3 is 0 Å². The smallest absolute Gasteiger partial charge is 0.175 e. The number of nitrogens with zero attached hydrogens (tertiary/aromatic N) is 2. The number of hydrogen-bond donors (Lipinski definition) is 2. The molecule has 5 nitrogen and oxygen atoms in total. The van der Waals surface area contributed by atoms with Crippen molar-refractivity contribution >= 4 is 40.3 Å². The Bertz CT molecular complexity index is 970. The van der Waals surface area contributed by atoms with Gasteiger partial charge in [0.05, 0.1) is 41.4 Å². The van der Waals surface area contributed by atoms with Crippen LogP contribution in [-0.4, -0.2) is 22.0 Å². The summed E-state index contributed by atoms with van der Waals surface area (Å²) in [6.45, 7) is 4.62. The van der Waals surface area contributed by atoms with Gasteiger partial charge in [-0.25, -0.2) is 0 Å². The summed E-state index contributed by atoms with van der Waals surface area (Å²) in [5, 5.41) is 12.1. The number of nitrogens with one attached hydrogen (secondary N) is 2. The zero-order valence-corrected chi connectivity index (χ0v) is 17.0. The Morgan fingerprint density at radius 3 is 2.67 bits per heavy atom. The Kier molecular flexibility index (Phi) is 5.98. The van der Waals surface area contributed by atoms with E-state index in [0.717, 1.165) is 34.1 Å². The molecule has 0 fully saturated rings. The van der Waals surface area contributed by atoms with Crippen LogP contribution in [0.1, 0.15) is 17.0 Å². The van der Waals surface area contributed by atoms with Crippen LogP contribution in [0, 0.1) is 13.8 Å². The molecule has 1 heterocycles. The van der Waals surface area contributed by atoms with Crippen molar-refractivity contribution in [3.63, 3.8) is 0 Å². The van der Waals surface area contributed by atoms with E-state index in [1.54, 1.807) is 7.11 Å². The summed E-state index contributed by atoms with van der Waals surface area (Å²) in [6.07, 6.45) is 0. The van der Waals surface area contributed by atoms with Gasteiger partial charge in [0, 0.05) is 0 Å². The number of hydrogen-bond acceptors (Lipinski definition) is 3. The molecule has 0 amide bonds. The van der Waals surface area contributed by atoms with E-state index in [1.165, 1.54) is 0 Å². The first-order valence-electron chi connectivity index (χ1n) is 8.47. The predicted molar refractivity (Wildman–Crippen MR) is 115 cm³/mol. The first kappa shape index (κ1) is 19.2. The Balaban J connectivity index is 1.75. The maximum atomic E-state index is 6.18. The second-order valence-corrected chi connectivity index (χ2v) is 6.93. The highest BCUT2D eigenvalue weighted by atomic mass is 35.5. The number of anilines is 2. The lowest BCUT2D eigenvalue weighted by Gasteiger charge is -2.12. The number of methoxy groups -OCH3 is 1. The standard InChI is InChI=1S/C20H21ClN4OS/c1-13-19(23-20(27)22-18-10-5-4-9-17(18)21)14(2)25(24-13)12-15-7-6-8-16(11-15)26-3/h4-11H,12H2,1-3H3,(H2,22,23,27). The van der Waals surface area contributed by atoms with E-state index in [4.69, 9.17) is 28.6 Å². The predicted octanol–water partition coefficient (Wildman–Crippen LogP) is 5.02. The van der Waals surface area contributed by atoms with Crippen LogP contribution >= 0.6 is 23.8 Å². The van der Waals surface area contributed by atoms with Crippen molar-refractivity contribution in [1.29, 1.82) is 0 Å². The van der Waals surface area contributed by atoms with E-state index in [0.29, 0.717) is 16.7 Å². The van der Waals surface area contributed by atoms with Crippen LogP contribution in [0.4, 0.5) is 11.4 Å². The Morgan fingerprint density at radius 2 is 1.93 bits per heavy atom. The van der Waals surface area contributed by atoms with Crippen LogP contribution in [-0.2, 0) is 6.54 Å². The topological polar surface area (TPSA) is 51.1 Å². The first-order chi connectivity index (χ1) is 13.0. The third-order valence-electron chi connectivity index (χ3n) is 4.21. The average Bonchev–Trinajstić information content (AvgIpc) is 2.91. The normalized spacial score (nSPS) is 10.5. The first-order valence-corrected chi connectivity index (χ1v) is 9.26. The van der Waals surface area contributed by atoms with Gasteiger partial charge in [-0.2, -0.15) is 5.10 Å². The lowest BCUT2D eigenvalue weighted by atomic mass is 10.2. The minimum absolute atomic E-state index is 0.468. The Hall–Kier alpha value is -2.57. The molecule has 1 aromatic heterocycles. The number of aryl methyl sites for hydroxylation is 1.